The smallest absolute Gasteiger partial charge is 0.326 e. The van der Waals surface area contributed by atoms with E-state index in [-0.39, 0.29) is 24.0 Å². The van der Waals surface area contributed by atoms with E-state index in [4.69, 9.17) is 0 Å². The first-order valence-corrected chi connectivity index (χ1v) is 6.79. The van der Waals surface area contributed by atoms with Crippen LogP contribution in [0.3, 0.4) is 0 Å². The molecule has 0 bridgehead atoms. The molecule has 0 aromatic heterocycles. The molecule has 2 rings (SSSR count). The van der Waals surface area contributed by atoms with Crippen LogP contribution in [0.15, 0.2) is 24.3 Å². The minimum Gasteiger partial charge on any atom is -0.508 e. The van der Waals surface area contributed by atoms with Crippen LogP contribution in [0.5, 0.6) is 5.75 Å². The first-order chi connectivity index (χ1) is 9.49. The van der Waals surface area contributed by atoms with E-state index in [0.29, 0.717) is 12.1 Å². The summed E-state index contributed by atoms with van der Waals surface area (Å²) in [4.78, 5) is 25.1. The molecule has 1 fully saturated rings. The number of hydrogen-bond acceptors (Lipinski definition) is 3. The van der Waals surface area contributed by atoms with Gasteiger partial charge in [-0.15, -0.1) is 0 Å². The standard InChI is InChI=1S/C15H19NO4/c1-10-4-3-7-16(14(10)15(19)20)13(18)9-11-5-2-6-12(17)8-11/h2,5-6,8,10,14,17H,3-4,7,9H2,1H3,(H,19,20). The lowest BCUT2D eigenvalue weighted by Crippen LogP contribution is -2.52. The number of aliphatic carboxylic acids is 1. The van der Waals surface area contributed by atoms with E-state index in [1.54, 1.807) is 12.1 Å². The Morgan fingerprint density at radius 3 is 2.80 bits per heavy atom. The zero-order valence-corrected chi connectivity index (χ0v) is 11.5. The van der Waals surface area contributed by atoms with Gasteiger partial charge in [0, 0.05) is 6.54 Å². The third-order valence-electron chi connectivity index (χ3n) is 3.77. The minimum absolute atomic E-state index is 0.0330. The van der Waals surface area contributed by atoms with Gasteiger partial charge < -0.3 is 15.1 Å². The molecule has 0 spiro atoms. The first-order valence-electron chi connectivity index (χ1n) is 6.79. The molecule has 20 heavy (non-hydrogen) atoms. The Hall–Kier alpha value is -2.04. The fourth-order valence-electron chi connectivity index (χ4n) is 2.79. The van der Waals surface area contributed by atoms with Crippen LogP contribution in [0.2, 0.25) is 0 Å². The predicted molar refractivity (Wildman–Crippen MR) is 73.3 cm³/mol. The molecule has 0 saturated carbocycles. The number of amides is 1. The number of carbonyl (C=O) groups is 2. The fraction of sp³-hybridized carbons (Fsp3) is 0.467. The molecule has 2 atom stereocenters. The number of likely N-dealkylation sites (tertiary alicyclic amines) is 1. The molecule has 1 aliphatic heterocycles. The van der Waals surface area contributed by atoms with Crippen molar-refractivity contribution in [2.24, 2.45) is 5.92 Å². The monoisotopic (exact) mass is 277 g/mol. The maximum absolute atomic E-state index is 12.3. The molecule has 1 saturated heterocycles. The van der Waals surface area contributed by atoms with Crippen LogP contribution in [0, 0.1) is 5.92 Å². The number of piperidine rings is 1. The third-order valence-corrected chi connectivity index (χ3v) is 3.77. The molecule has 1 aliphatic rings. The van der Waals surface area contributed by atoms with Gasteiger partial charge in [0.15, 0.2) is 0 Å². The van der Waals surface area contributed by atoms with E-state index < -0.39 is 12.0 Å². The first kappa shape index (κ1) is 14.4. The zero-order chi connectivity index (χ0) is 14.7. The Morgan fingerprint density at radius 2 is 2.15 bits per heavy atom. The number of nitrogens with zero attached hydrogens (tertiary/aromatic N) is 1. The lowest BCUT2D eigenvalue weighted by atomic mass is 9.90. The van der Waals surface area contributed by atoms with Gasteiger partial charge in [-0.3, -0.25) is 4.79 Å². The van der Waals surface area contributed by atoms with Crippen LogP contribution >= 0.6 is 0 Å². The SMILES string of the molecule is CC1CCCN(C(=O)Cc2cccc(O)c2)C1C(=O)O. The second kappa shape index (κ2) is 5.94. The van der Waals surface area contributed by atoms with E-state index in [2.05, 4.69) is 0 Å². The van der Waals surface area contributed by atoms with Gasteiger partial charge in [-0.25, -0.2) is 4.79 Å². The van der Waals surface area contributed by atoms with Crippen molar-refractivity contribution in [3.05, 3.63) is 29.8 Å². The fourth-order valence-corrected chi connectivity index (χ4v) is 2.79. The Balaban J connectivity index is 2.12. The average Bonchev–Trinajstić information content (AvgIpc) is 2.37. The van der Waals surface area contributed by atoms with Gasteiger partial charge in [0.1, 0.15) is 11.8 Å². The topological polar surface area (TPSA) is 77.8 Å². The van der Waals surface area contributed by atoms with Crippen molar-refractivity contribution in [1.82, 2.24) is 4.90 Å². The molecule has 2 unspecified atom stereocenters. The summed E-state index contributed by atoms with van der Waals surface area (Å²) in [6, 6.07) is 5.75. The summed E-state index contributed by atoms with van der Waals surface area (Å²) in [5.74, 6) is -1.07. The summed E-state index contributed by atoms with van der Waals surface area (Å²) in [6.45, 7) is 2.35. The molecule has 108 valence electrons. The lowest BCUT2D eigenvalue weighted by molar-refractivity contribution is -0.154. The molecule has 5 nitrogen and oxygen atoms in total. The van der Waals surface area contributed by atoms with Crippen molar-refractivity contribution in [1.29, 1.82) is 0 Å². The predicted octanol–water partition coefficient (Wildman–Crippen LogP) is 1.65. The number of carboxylic acids is 1. The normalized spacial score (nSPS) is 22.6. The average molecular weight is 277 g/mol. The van der Waals surface area contributed by atoms with E-state index in [1.165, 1.54) is 17.0 Å². The Bertz CT molecular complexity index is 514. The molecule has 0 radical (unpaired) electrons. The van der Waals surface area contributed by atoms with Crippen molar-refractivity contribution in [2.75, 3.05) is 6.54 Å². The van der Waals surface area contributed by atoms with Gasteiger partial charge in [0.05, 0.1) is 6.42 Å². The summed E-state index contributed by atoms with van der Waals surface area (Å²) in [5, 5.41) is 18.7. The summed E-state index contributed by atoms with van der Waals surface area (Å²) >= 11 is 0. The van der Waals surface area contributed by atoms with Crippen LogP contribution in [0.25, 0.3) is 0 Å². The van der Waals surface area contributed by atoms with E-state index in [9.17, 15) is 19.8 Å². The van der Waals surface area contributed by atoms with Crippen LogP contribution in [0.1, 0.15) is 25.3 Å². The van der Waals surface area contributed by atoms with E-state index >= 15 is 0 Å². The summed E-state index contributed by atoms with van der Waals surface area (Å²) in [7, 11) is 0. The number of benzene rings is 1. The number of carboxylic acid groups (broad SMARTS) is 1. The summed E-state index contributed by atoms with van der Waals surface area (Å²) in [6.07, 6.45) is 1.77. The quantitative estimate of drug-likeness (QED) is 0.880. The second-order valence-electron chi connectivity index (χ2n) is 5.34. The van der Waals surface area contributed by atoms with Crippen molar-refractivity contribution >= 4 is 11.9 Å². The summed E-state index contributed by atoms with van der Waals surface area (Å²) < 4.78 is 0. The molecular formula is C15H19NO4. The van der Waals surface area contributed by atoms with Gasteiger partial charge in [-0.1, -0.05) is 19.1 Å². The largest absolute Gasteiger partial charge is 0.508 e. The number of phenolic OH excluding ortho intramolecular Hbond substituents is 1. The van der Waals surface area contributed by atoms with Crippen LogP contribution < -0.4 is 0 Å². The Labute approximate surface area is 117 Å². The van der Waals surface area contributed by atoms with Crippen molar-refractivity contribution in [2.45, 2.75) is 32.2 Å². The number of phenols is 1. The van der Waals surface area contributed by atoms with Gasteiger partial charge in [0.2, 0.25) is 5.91 Å². The molecule has 1 heterocycles. The number of carbonyl (C=O) groups excluding carboxylic acids is 1. The van der Waals surface area contributed by atoms with Crippen molar-refractivity contribution < 1.29 is 19.8 Å². The van der Waals surface area contributed by atoms with Gasteiger partial charge >= 0.3 is 5.97 Å². The van der Waals surface area contributed by atoms with Crippen LogP contribution in [-0.2, 0) is 16.0 Å². The number of rotatable bonds is 3. The van der Waals surface area contributed by atoms with E-state index in [1.807, 2.05) is 6.92 Å². The zero-order valence-electron chi connectivity index (χ0n) is 11.5. The highest BCUT2D eigenvalue weighted by Crippen LogP contribution is 2.24. The van der Waals surface area contributed by atoms with Crippen LogP contribution in [-0.4, -0.2) is 39.6 Å². The number of hydrogen-bond donors (Lipinski definition) is 2. The van der Waals surface area contributed by atoms with Gasteiger partial charge in [0.25, 0.3) is 0 Å². The molecule has 1 amide bonds. The van der Waals surface area contributed by atoms with Gasteiger partial charge in [-0.2, -0.15) is 0 Å². The highest BCUT2D eigenvalue weighted by Gasteiger charge is 2.36. The van der Waals surface area contributed by atoms with E-state index in [0.717, 1.165) is 12.8 Å². The molecule has 1 aromatic rings. The number of aromatic hydroxyl groups is 1. The lowest BCUT2D eigenvalue weighted by Gasteiger charge is -2.37. The highest BCUT2D eigenvalue weighted by atomic mass is 16.4. The Morgan fingerprint density at radius 1 is 1.40 bits per heavy atom. The molecule has 1 aromatic carbocycles. The summed E-state index contributed by atoms with van der Waals surface area (Å²) in [5.41, 5.74) is 0.692. The highest BCUT2D eigenvalue weighted by molar-refractivity contribution is 5.85. The maximum atomic E-state index is 12.3. The van der Waals surface area contributed by atoms with Crippen LogP contribution in [0.4, 0.5) is 0 Å². The molecule has 2 N–H and O–H groups in total. The maximum Gasteiger partial charge on any atom is 0.326 e. The minimum atomic E-state index is -0.943. The molecule has 5 heteroatoms. The molecular weight excluding hydrogens is 258 g/mol. The molecule has 0 aliphatic carbocycles. The second-order valence-corrected chi connectivity index (χ2v) is 5.34. The third kappa shape index (κ3) is 3.10. The van der Waals surface area contributed by atoms with Gasteiger partial charge in [-0.05, 0) is 36.5 Å². The van der Waals surface area contributed by atoms with Crippen molar-refractivity contribution in [3.8, 4) is 5.75 Å². The Kier molecular flexibility index (Phi) is 4.27. The van der Waals surface area contributed by atoms with Crippen molar-refractivity contribution in [3.63, 3.8) is 0 Å².